The summed E-state index contributed by atoms with van der Waals surface area (Å²) in [6.07, 6.45) is 10.4. The minimum atomic E-state index is -2.43. The van der Waals surface area contributed by atoms with Crippen molar-refractivity contribution in [3.8, 4) is 0 Å². The first kappa shape index (κ1) is 37.3. The Kier molecular flexibility index (Phi) is 8.93. The lowest BCUT2D eigenvalue weighted by Crippen LogP contribution is -2.64. The first-order valence-electron chi connectivity index (χ1n) is 20.8. The summed E-state index contributed by atoms with van der Waals surface area (Å²) in [5.41, 5.74) is 17.4. The van der Waals surface area contributed by atoms with Crippen LogP contribution in [0.3, 0.4) is 0 Å². The van der Waals surface area contributed by atoms with Crippen LogP contribution in [0.25, 0.3) is 0 Å². The van der Waals surface area contributed by atoms with E-state index in [0.717, 1.165) is 6.42 Å². The molecule has 0 aromatic heterocycles. The fourth-order valence-corrected chi connectivity index (χ4v) is 13.7. The molecule has 6 aromatic rings. The molecule has 2 aliphatic heterocycles. The van der Waals surface area contributed by atoms with Crippen molar-refractivity contribution in [2.75, 3.05) is 9.80 Å². The molecule has 9 rings (SSSR count). The number of benzene rings is 6. The van der Waals surface area contributed by atoms with Crippen LogP contribution in [0.1, 0.15) is 70.2 Å². The van der Waals surface area contributed by atoms with Crippen molar-refractivity contribution < 1.29 is 0 Å². The van der Waals surface area contributed by atoms with Crippen molar-refractivity contribution in [2.24, 2.45) is 0 Å². The Morgan fingerprint density at radius 1 is 0.544 bits per heavy atom. The minimum Gasteiger partial charge on any atom is -0.312 e. The number of hydrogen-bond donors (Lipinski definition) is 0. The summed E-state index contributed by atoms with van der Waals surface area (Å²) in [6, 6.07) is 49.8. The molecule has 2 atom stereocenters. The van der Waals surface area contributed by atoms with Gasteiger partial charge in [0.15, 0.2) is 0 Å². The molecule has 1 aliphatic carbocycles. The van der Waals surface area contributed by atoms with Crippen LogP contribution in [0.2, 0.25) is 12.1 Å². The zero-order valence-electron chi connectivity index (χ0n) is 35.2. The lowest BCUT2D eigenvalue weighted by atomic mass is 9.33. The fraction of sp³-hybridized carbons (Fsp3) is 0.245. The Morgan fingerprint density at radius 2 is 1.09 bits per heavy atom. The molecule has 0 radical (unpaired) electrons. The third-order valence-corrected chi connectivity index (χ3v) is 18.0. The number of hydrogen-bond acceptors (Lipinski definition) is 2. The SMILES string of the molecule is Cc1ccc(N2c3ccc(C)cc3B3c4cc(C(C)(C)C)ccc4N(c4ccc(C(C)(C)C)cc4)c4cc([Si-](C)(c5ccccc5)C5C=CC=CC5)cc2c43)cc1. The van der Waals surface area contributed by atoms with Gasteiger partial charge in [0.1, 0.15) is 0 Å². The Balaban J connectivity index is 1.42. The van der Waals surface area contributed by atoms with Gasteiger partial charge in [-0.2, -0.15) is 16.9 Å². The average molecular weight is 759 g/mol. The molecular weight excluding hydrogens is 703 g/mol. The number of anilines is 6. The van der Waals surface area contributed by atoms with Crippen LogP contribution < -0.4 is 36.6 Å². The van der Waals surface area contributed by atoms with E-state index in [-0.39, 0.29) is 17.5 Å². The molecule has 0 saturated heterocycles. The van der Waals surface area contributed by atoms with Gasteiger partial charge in [0.25, 0.3) is 6.71 Å². The van der Waals surface area contributed by atoms with Crippen LogP contribution in [-0.4, -0.2) is 14.8 Å². The largest absolute Gasteiger partial charge is 0.312 e. The summed E-state index contributed by atoms with van der Waals surface area (Å²) in [6.45, 7) is 21.1. The minimum absolute atomic E-state index is 0.00424. The number of allylic oxidation sites excluding steroid dienone is 4. The fourth-order valence-electron chi connectivity index (χ4n) is 9.64. The second kappa shape index (κ2) is 13.7. The molecule has 2 heterocycles. The molecule has 3 aliphatic rings. The molecule has 6 aromatic carbocycles. The second-order valence-electron chi connectivity index (χ2n) is 19.0. The maximum Gasteiger partial charge on any atom is 0.252 e. The van der Waals surface area contributed by atoms with E-state index in [1.165, 1.54) is 83.1 Å². The van der Waals surface area contributed by atoms with Gasteiger partial charge in [0.05, 0.1) is 0 Å². The second-order valence-corrected chi connectivity index (χ2v) is 23.3. The van der Waals surface area contributed by atoms with E-state index in [0.29, 0.717) is 5.54 Å². The lowest BCUT2D eigenvalue weighted by Gasteiger charge is -2.51. The highest BCUT2D eigenvalue weighted by atomic mass is 28.3. The highest BCUT2D eigenvalue weighted by molar-refractivity contribution is 7.04. The Bertz CT molecular complexity index is 2560. The summed E-state index contributed by atoms with van der Waals surface area (Å²) < 4.78 is 0. The van der Waals surface area contributed by atoms with E-state index in [9.17, 15) is 0 Å². The van der Waals surface area contributed by atoms with Gasteiger partial charge in [-0.15, -0.1) is 11.6 Å². The van der Waals surface area contributed by atoms with Crippen molar-refractivity contribution in [3.63, 3.8) is 0 Å². The molecule has 0 spiro atoms. The van der Waals surface area contributed by atoms with E-state index >= 15 is 0 Å². The van der Waals surface area contributed by atoms with Crippen LogP contribution in [-0.2, 0) is 10.8 Å². The quantitative estimate of drug-likeness (QED) is 0.161. The first-order valence-corrected chi connectivity index (χ1v) is 23.4. The lowest BCUT2D eigenvalue weighted by molar-refractivity contribution is 0.590. The van der Waals surface area contributed by atoms with Gasteiger partial charge in [-0.1, -0.05) is 176 Å². The van der Waals surface area contributed by atoms with Crippen LogP contribution in [0.5, 0.6) is 0 Å². The van der Waals surface area contributed by atoms with Gasteiger partial charge < -0.3 is 9.80 Å². The summed E-state index contributed by atoms with van der Waals surface area (Å²) in [4.78, 5) is 5.19. The van der Waals surface area contributed by atoms with Gasteiger partial charge in [-0.25, -0.2) is 0 Å². The zero-order valence-corrected chi connectivity index (χ0v) is 36.2. The van der Waals surface area contributed by atoms with Crippen molar-refractivity contribution in [2.45, 2.75) is 84.7 Å². The van der Waals surface area contributed by atoms with Crippen LogP contribution in [0.15, 0.2) is 152 Å². The number of fused-ring (bicyclic) bond motifs is 4. The topological polar surface area (TPSA) is 6.48 Å². The normalized spacial score (nSPS) is 16.9. The first-order chi connectivity index (χ1) is 27.2. The van der Waals surface area contributed by atoms with Crippen LogP contribution in [0.4, 0.5) is 34.1 Å². The molecule has 0 N–H and O–H groups in total. The zero-order chi connectivity index (χ0) is 39.9. The summed E-state index contributed by atoms with van der Waals surface area (Å²) in [5.74, 6) is 0. The monoisotopic (exact) mass is 758 g/mol. The van der Waals surface area contributed by atoms with Crippen molar-refractivity contribution in [3.05, 3.63) is 174 Å². The summed E-state index contributed by atoms with van der Waals surface area (Å²) in [5, 5.41) is 2.93. The van der Waals surface area contributed by atoms with Gasteiger partial charge in [-0.05, 0) is 88.6 Å². The van der Waals surface area contributed by atoms with Crippen LogP contribution in [0, 0.1) is 13.8 Å². The summed E-state index contributed by atoms with van der Waals surface area (Å²) in [7, 11) is -2.43. The Morgan fingerprint density at radius 3 is 1.67 bits per heavy atom. The maximum absolute atomic E-state index is 2.63. The Hall–Kier alpha value is -5.32. The van der Waals surface area contributed by atoms with Gasteiger partial charge in [-0.3, -0.25) is 0 Å². The maximum atomic E-state index is 2.63. The number of rotatable bonds is 5. The van der Waals surface area contributed by atoms with Crippen molar-refractivity contribution >= 4 is 75.7 Å². The van der Waals surface area contributed by atoms with E-state index < -0.39 is 8.07 Å². The van der Waals surface area contributed by atoms with Crippen molar-refractivity contribution in [1.29, 1.82) is 0 Å². The third kappa shape index (κ3) is 6.25. The average Bonchev–Trinajstić information content (AvgIpc) is 3.20. The van der Waals surface area contributed by atoms with Crippen molar-refractivity contribution in [1.82, 2.24) is 0 Å². The Labute approximate surface area is 342 Å². The molecule has 0 saturated carbocycles. The molecule has 4 heteroatoms. The molecule has 2 unspecified atom stereocenters. The highest BCUT2D eigenvalue weighted by Gasteiger charge is 2.44. The van der Waals surface area contributed by atoms with E-state index in [1.54, 1.807) is 0 Å². The molecule has 0 fully saturated rings. The van der Waals surface area contributed by atoms with Gasteiger partial charge in [0.2, 0.25) is 0 Å². The molecule has 0 bridgehead atoms. The van der Waals surface area contributed by atoms with Gasteiger partial charge in [0, 0.05) is 34.1 Å². The van der Waals surface area contributed by atoms with E-state index in [2.05, 4.69) is 223 Å². The smallest absolute Gasteiger partial charge is 0.252 e. The molecule has 57 heavy (non-hydrogen) atoms. The highest BCUT2D eigenvalue weighted by Crippen LogP contribution is 2.45. The van der Waals surface area contributed by atoms with Gasteiger partial charge >= 0.3 is 0 Å². The predicted octanol–water partition coefficient (Wildman–Crippen LogP) is 11.1. The van der Waals surface area contributed by atoms with E-state index in [1.807, 2.05) is 0 Å². The molecule has 0 amide bonds. The standard InChI is InChI=1S/C53H55BN2Si/c1-36-20-26-40(27-21-36)55-47-30-22-37(2)32-45(47)54-46-33-39(53(6,7)8)25-31-48(46)56(41-28-23-38(24-29-41)52(3,4)5)50-35-44(34-49(55)51(50)54)57(9,42-16-12-10-13-17-42)43-18-14-11-15-19-43/h10-18,20-35,43H,19H2,1-9H3/q-1. The van der Waals surface area contributed by atoms with E-state index in [4.69, 9.17) is 0 Å². The third-order valence-electron chi connectivity index (χ3n) is 13.1. The molecule has 285 valence electrons. The number of nitrogens with zero attached hydrogens (tertiary/aromatic N) is 2. The number of aryl methyl sites for hydroxylation is 2. The molecular formula is C53H55BN2Si-. The van der Waals surface area contributed by atoms with Crippen LogP contribution >= 0.6 is 0 Å². The molecule has 2 nitrogen and oxygen atoms in total. The predicted molar refractivity (Wildman–Crippen MR) is 251 cm³/mol. The summed E-state index contributed by atoms with van der Waals surface area (Å²) >= 11 is 0.